The Morgan fingerprint density at radius 2 is 2.24 bits per heavy atom. The van der Waals surface area contributed by atoms with Crippen LogP contribution in [-0.4, -0.2) is 25.4 Å². The zero-order valence-electron chi connectivity index (χ0n) is 9.51. The molecule has 0 unspecified atom stereocenters. The van der Waals surface area contributed by atoms with Crippen LogP contribution < -0.4 is 0 Å². The lowest BCUT2D eigenvalue weighted by molar-refractivity contribution is 0.0685. The van der Waals surface area contributed by atoms with Crippen molar-refractivity contribution in [2.45, 2.75) is 13.5 Å². The predicted octanol–water partition coefficient (Wildman–Crippen LogP) is 1.93. The molecule has 5 nitrogen and oxygen atoms in total. The number of hydrogen-bond acceptors (Lipinski definition) is 2. The molecular weight excluding hydrogens is 242 g/mol. The van der Waals surface area contributed by atoms with E-state index < -0.39 is 5.97 Å². The fraction of sp³-hybridized carbons (Fsp3) is 0.273. The first-order valence-electron chi connectivity index (χ1n) is 5.05. The van der Waals surface area contributed by atoms with Gasteiger partial charge in [-0.25, -0.2) is 4.79 Å². The molecule has 0 aromatic carbocycles. The van der Waals surface area contributed by atoms with Gasteiger partial charge in [-0.2, -0.15) is 5.10 Å². The fourth-order valence-electron chi connectivity index (χ4n) is 1.77. The van der Waals surface area contributed by atoms with Crippen LogP contribution in [0, 0.1) is 6.92 Å². The lowest BCUT2D eigenvalue weighted by atomic mass is 10.2. The average Bonchev–Trinajstić information content (AvgIpc) is 2.71. The number of carboxylic acid groups (broad SMARTS) is 1. The lowest BCUT2D eigenvalue weighted by Crippen LogP contribution is -2.08. The number of hydrogen-bond donors (Lipinski definition) is 1. The molecule has 0 aliphatic rings. The van der Waals surface area contributed by atoms with Gasteiger partial charge in [0.1, 0.15) is 5.69 Å². The molecule has 0 saturated carbocycles. The van der Waals surface area contributed by atoms with Crippen molar-refractivity contribution >= 4 is 17.6 Å². The Morgan fingerprint density at radius 1 is 1.53 bits per heavy atom. The summed E-state index contributed by atoms with van der Waals surface area (Å²) in [6, 6.07) is 1.44. The minimum Gasteiger partial charge on any atom is -0.477 e. The van der Waals surface area contributed by atoms with E-state index in [1.165, 1.54) is 6.07 Å². The van der Waals surface area contributed by atoms with E-state index in [2.05, 4.69) is 5.10 Å². The number of nitrogens with zero attached hydrogens (tertiary/aromatic N) is 3. The van der Waals surface area contributed by atoms with Crippen molar-refractivity contribution in [3.63, 3.8) is 0 Å². The van der Waals surface area contributed by atoms with Gasteiger partial charge in [-0.3, -0.25) is 4.68 Å². The normalized spacial score (nSPS) is 10.8. The molecule has 90 valence electrons. The number of carboxylic acids is 1. The molecule has 2 aromatic heterocycles. The minimum atomic E-state index is -0.988. The van der Waals surface area contributed by atoms with E-state index in [1.54, 1.807) is 15.4 Å². The number of rotatable bonds is 3. The summed E-state index contributed by atoms with van der Waals surface area (Å²) < 4.78 is 3.31. The maximum absolute atomic E-state index is 11.0. The van der Waals surface area contributed by atoms with Crippen molar-refractivity contribution in [1.29, 1.82) is 0 Å². The maximum atomic E-state index is 11.0. The zero-order valence-corrected chi connectivity index (χ0v) is 10.3. The van der Waals surface area contributed by atoms with Gasteiger partial charge in [0.15, 0.2) is 0 Å². The number of carbonyl (C=O) groups is 1. The highest BCUT2D eigenvalue weighted by Crippen LogP contribution is 2.17. The Labute approximate surface area is 103 Å². The highest BCUT2D eigenvalue weighted by atomic mass is 35.5. The molecule has 0 amide bonds. The van der Waals surface area contributed by atoms with Gasteiger partial charge < -0.3 is 9.67 Å². The first-order valence-corrected chi connectivity index (χ1v) is 5.43. The van der Waals surface area contributed by atoms with Gasteiger partial charge in [-0.1, -0.05) is 11.6 Å². The van der Waals surface area contributed by atoms with E-state index >= 15 is 0 Å². The van der Waals surface area contributed by atoms with Crippen molar-refractivity contribution in [3.8, 4) is 0 Å². The van der Waals surface area contributed by atoms with Crippen LogP contribution in [0.4, 0.5) is 0 Å². The monoisotopic (exact) mass is 253 g/mol. The third-order valence-corrected chi connectivity index (χ3v) is 2.74. The molecular formula is C11H12ClN3O2. The third kappa shape index (κ3) is 2.34. The predicted molar refractivity (Wildman–Crippen MR) is 63.4 cm³/mol. The third-order valence-electron chi connectivity index (χ3n) is 2.54. The molecule has 0 aliphatic heterocycles. The van der Waals surface area contributed by atoms with E-state index in [1.807, 2.05) is 20.2 Å². The van der Waals surface area contributed by atoms with Crippen LogP contribution in [0.2, 0.25) is 5.02 Å². The number of halogens is 1. The highest BCUT2D eigenvalue weighted by molar-refractivity contribution is 6.30. The van der Waals surface area contributed by atoms with Gasteiger partial charge in [-0.05, 0) is 13.0 Å². The van der Waals surface area contributed by atoms with Crippen LogP contribution in [0.3, 0.4) is 0 Å². The van der Waals surface area contributed by atoms with Gasteiger partial charge in [-0.15, -0.1) is 0 Å². The van der Waals surface area contributed by atoms with E-state index in [-0.39, 0.29) is 5.69 Å². The molecule has 0 radical (unpaired) electrons. The molecule has 2 aromatic rings. The second-order valence-corrected chi connectivity index (χ2v) is 4.33. The Bertz CT molecular complexity index is 571. The molecule has 2 rings (SSSR count). The molecule has 17 heavy (non-hydrogen) atoms. The number of aryl methyl sites for hydroxylation is 2. The van der Waals surface area contributed by atoms with Crippen molar-refractivity contribution < 1.29 is 9.90 Å². The molecule has 6 heteroatoms. The summed E-state index contributed by atoms with van der Waals surface area (Å²) >= 11 is 5.82. The fourth-order valence-corrected chi connectivity index (χ4v) is 1.99. The summed E-state index contributed by atoms with van der Waals surface area (Å²) in [7, 11) is 1.83. The van der Waals surface area contributed by atoms with Crippen LogP contribution >= 0.6 is 11.6 Å². The SMILES string of the molecule is Cc1nn(C)cc1Cn1cc(Cl)cc1C(=O)O. The summed E-state index contributed by atoms with van der Waals surface area (Å²) in [5.74, 6) is -0.988. The van der Waals surface area contributed by atoms with E-state index in [0.29, 0.717) is 11.6 Å². The minimum absolute atomic E-state index is 0.179. The molecule has 2 heterocycles. The second-order valence-electron chi connectivity index (χ2n) is 3.89. The first-order chi connectivity index (χ1) is 7.97. The number of aromatic nitrogens is 3. The van der Waals surface area contributed by atoms with Crippen LogP contribution in [0.25, 0.3) is 0 Å². The molecule has 0 atom stereocenters. The van der Waals surface area contributed by atoms with Crippen LogP contribution in [0.15, 0.2) is 18.5 Å². The smallest absolute Gasteiger partial charge is 0.352 e. The van der Waals surface area contributed by atoms with Gasteiger partial charge in [0.25, 0.3) is 0 Å². The van der Waals surface area contributed by atoms with Crippen LogP contribution in [0.5, 0.6) is 0 Å². The summed E-state index contributed by atoms with van der Waals surface area (Å²) in [6.07, 6.45) is 3.48. The highest BCUT2D eigenvalue weighted by Gasteiger charge is 2.13. The largest absolute Gasteiger partial charge is 0.477 e. The summed E-state index contributed by atoms with van der Waals surface area (Å²) in [4.78, 5) is 11.0. The topological polar surface area (TPSA) is 60.0 Å². The molecule has 0 saturated heterocycles. The van der Waals surface area contributed by atoms with Crippen molar-refractivity contribution in [1.82, 2.24) is 14.3 Å². The Hall–Kier alpha value is -1.75. The Balaban J connectivity index is 2.36. The van der Waals surface area contributed by atoms with E-state index in [4.69, 9.17) is 16.7 Å². The Kier molecular flexibility index (Phi) is 2.93. The van der Waals surface area contributed by atoms with Crippen molar-refractivity contribution in [2.75, 3.05) is 0 Å². The van der Waals surface area contributed by atoms with Crippen LogP contribution in [0.1, 0.15) is 21.7 Å². The van der Waals surface area contributed by atoms with Crippen LogP contribution in [-0.2, 0) is 13.6 Å². The quantitative estimate of drug-likeness (QED) is 0.909. The lowest BCUT2D eigenvalue weighted by Gasteiger charge is -2.04. The number of aromatic carboxylic acids is 1. The molecule has 0 aliphatic carbocycles. The summed E-state index contributed by atoms with van der Waals surface area (Å²) in [6.45, 7) is 2.34. The molecule has 1 N–H and O–H groups in total. The zero-order chi connectivity index (χ0) is 12.6. The second kappa shape index (κ2) is 4.25. The molecule has 0 bridgehead atoms. The van der Waals surface area contributed by atoms with Gasteiger partial charge in [0.05, 0.1) is 17.3 Å². The summed E-state index contributed by atoms with van der Waals surface area (Å²) in [5, 5.41) is 13.7. The van der Waals surface area contributed by atoms with E-state index in [9.17, 15) is 4.79 Å². The Morgan fingerprint density at radius 3 is 2.76 bits per heavy atom. The van der Waals surface area contributed by atoms with Crippen molar-refractivity contribution in [2.24, 2.45) is 7.05 Å². The van der Waals surface area contributed by atoms with Gasteiger partial charge in [0, 0.05) is 25.0 Å². The van der Waals surface area contributed by atoms with Gasteiger partial charge >= 0.3 is 5.97 Å². The maximum Gasteiger partial charge on any atom is 0.352 e. The molecule has 0 fully saturated rings. The van der Waals surface area contributed by atoms with Gasteiger partial charge in [0.2, 0.25) is 0 Å². The van der Waals surface area contributed by atoms with Crippen molar-refractivity contribution in [3.05, 3.63) is 40.4 Å². The standard InChI is InChI=1S/C11H12ClN3O2/c1-7-8(4-14(2)13-7)5-15-6-9(12)3-10(15)11(16)17/h3-4,6H,5H2,1-2H3,(H,16,17). The first kappa shape index (κ1) is 11.7. The average molecular weight is 254 g/mol. The van der Waals surface area contributed by atoms with E-state index in [0.717, 1.165) is 11.3 Å². The molecule has 0 spiro atoms. The summed E-state index contributed by atoms with van der Waals surface area (Å²) in [5.41, 5.74) is 2.04.